The zero-order valence-electron chi connectivity index (χ0n) is 29.5. The highest BCUT2D eigenvalue weighted by molar-refractivity contribution is 6.10. The number of hydrogen-bond donors (Lipinski definition) is 0. The Morgan fingerprint density at radius 3 is 1.51 bits per heavy atom. The Kier molecular flexibility index (Phi) is 8.00. The lowest BCUT2D eigenvalue weighted by Gasteiger charge is -2.13. The molecular formula is C48H31N7. The molecule has 7 nitrogen and oxygen atoms in total. The van der Waals surface area contributed by atoms with Crippen molar-refractivity contribution >= 4 is 21.8 Å². The summed E-state index contributed by atoms with van der Waals surface area (Å²) < 4.78 is 2.13. The lowest BCUT2D eigenvalue weighted by molar-refractivity contribution is 0.988. The minimum Gasteiger partial charge on any atom is -0.278 e. The zero-order chi connectivity index (χ0) is 36.6. The van der Waals surface area contributed by atoms with Crippen LogP contribution in [-0.2, 0) is 0 Å². The molecule has 55 heavy (non-hydrogen) atoms. The molecule has 10 aromatic rings. The van der Waals surface area contributed by atoms with Gasteiger partial charge in [0.05, 0.1) is 16.7 Å². The third-order valence-corrected chi connectivity index (χ3v) is 9.83. The third-order valence-electron chi connectivity index (χ3n) is 9.83. The molecule has 4 aromatic heterocycles. The Hall–Kier alpha value is -7.64. The van der Waals surface area contributed by atoms with Gasteiger partial charge in [-0.3, -0.25) is 9.55 Å². The van der Waals surface area contributed by atoms with Crippen molar-refractivity contribution in [1.82, 2.24) is 34.5 Å². The summed E-state index contributed by atoms with van der Waals surface area (Å²) in [6, 6.07) is 58.1. The highest BCUT2D eigenvalue weighted by Crippen LogP contribution is 2.38. The summed E-state index contributed by atoms with van der Waals surface area (Å²) in [4.78, 5) is 28.9. The maximum atomic E-state index is 5.10. The lowest BCUT2D eigenvalue weighted by Crippen LogP contribution is -2.00. The summed E-state index contributed by atoms with van der Waals surface area (Å²) in [5, 5.41) is 2.25. The predicted molar refractivity (Wildman–Crippen MR) is 220 cm³/mol. The van der Waals surface area contributed by atoms with Crippen LogP contribution in [0.15, 0.2) is 188 Å². The first-order chi connectivity index (χ1) is 27.2. The minimum absolute atomic E-state index is 0.597. The number of fused-ring (bicyclic) bond motifs is 3. The van der Waals surface area contributed by atoms with Gasteiger partial charge in [-0.05, 0) is 76.9 Å². The third kappa shape index (κ3) is 6.09. The molecule has 4 heterocycles. The van der Waals surface area contributed by atoms with E-state index in [1.54, 1.807) is 12.4 Å². The summed E-state index contributed by atoms with van der Waals surface area (Å²) in [5.41, 5.74) is 11.0. The van der Waals surface area contributed by atoms with Crippen LogP contribution in [-0.4, -0.2) is 34.5 Å². The lowest BCUT2D eigenvalue weighted by atomic mass is 9.94. The van der Waals surface area contributed by atoms with Crippen LogP contribution in [0.1, 0.15) is 0 Å². The molecule has 0 N–H and O–H groups in total. The number of benzene rings is 6. The molecule has 0 unspecified atom stereocenters. The normalized spacial score (nSPS) is 11.3. The molecule has 10 rings (SSSR count). The van der Waals surface area contributed by atoms with Gasteiger partial charge in [-0.25, -0.2) is 24.9 Å². The number of nitrogens with zero attached hydrogens (tertiary/aromatic N) is 7. The number of hydrogen-bond acceptors (Lipinski definition) is 6. The van der Waals surface area contributed by atoms with Crippen molar-refractivity contribution in [2.24, 2.45) is 0 Å². The fourth-order valence-corrected chi connectivity index (χ4v) is 7.17. The quantitative estimate of drug-likeness (QED) is 0.164. The summed E-state index contributed by atoms with van der Waals surface area (Å²) >= 11 is 0. The molecule has 7 heteroatoms. The molecule has 0 amide bonds. The summed E-state index contributed by atoms with van der Waals surface area (Å²) in [5.74, 6) is 2.47. The Bertz CT molecular complexity index is 2890. The minimum atomic E-state index is 0.597. The van der Waals surface area contributed by atoms with E-state index in [1.807, 2.05) is 91.1 Å². The number of para-hydroxylation sites is 1. The molecule has 0 saturated heterocycles. The molecule has 0 atom stereocenters. The van der Waals surface area contributed by atoms with Crippen molar-refractivity contribution in [3.8, 4) is 73.6 Å². The monoisotopic (exact) mass is 705 g/mol. The van der Waals surface area contributed by atoms with Crippen LogP contribution in [0.5, 0.6) is 0 Å². The van der Waals surface area contributed by atoms with E-state index in [-0.39, 0.29) is 0 Å². The van der Waals surface area contributed by atoms with Crippen LogP contribution in [0, 0.1) is 0 Å². The predicted octanol–water partition coefficient (Wildman–Crippen LogP) is 11.2. The molecule has 0 aliphatic carbocycles. The molecule has 6 aromatic carbocycles. The van der Waals surface area contributed by atoms with E-state index >= 15 is 0 Å². The summed E-state index contributed by atoms with van der Waals surface area (Å²) in [7, 11) is 0. The van der Waals surface area contributed by atoms with Crippen LogP contribution < -0.4 is 0 Å². The van der Waals surface area contributed by atoms with Gasteiger partial charge in [0, 0.05) is 51.6 Å². The van der Waals surface area contributed by atoms with Gasteiger partial charge in [0.1, 0.15) is 0 Å². The van der Waals surface area contributed by atoms with Crippen LogP contribution in [0.25, 0.3) is 95.4 Å². The van der Waals surface area contributed by atoms with Gasteiger partial charge >= 0.3 is 0 Å². The average molecular weight is 706 g/mol. The number of pyridine rings is 1. The first-order valence-corrected chi connectivity index (χ1v) is 18.1. The van der Waals surface area contributed by atoms with Crippen molar-refractivity contribution < 1.29 is 0 Å². The number of aromatic nitrogens is 7. The van der Waals surface area contributed by atoms with E-state index < -0.39 is 0 Å². The van der Waals surface area contributed by atoms with Gasteiger partial charge in [0.2, 0.25) is 5.95 Å². The van der Waals surface area contributed by atoms with E-state index in [0.717, 1.165) is 72.0 Å². The Morgan fingerprint density at radius 1 is 0.309 bits per heavy atom. The van der Waals surface area contributed by atoms with Crippen LogP contribution in [0.2, 0.25) is 0 Å². The second kappa shape index (κ2) is 13.7. The molecule has 0 saturated carbocycles. The maximum absolute atomic E-state index is 5.10. The highest BCUT2D eigenvalue weighted by atomic mass is 15.1. The van der Waals surface area contributed by atoms with E-state index in [0.29, 0.717) is 23.4 Å². The van der Waals surface area contributed by atoms with Gasteiger partial charge < -0.3 is 0 Å². The van der Waals surface area contributed by atoms with E-state index in [4.69, 9.17) is 15.0 Å². The van der Waals surface area contributed by atoms with E-state index in [2.05, 4.69) is 104 Å². The molecule has 0 radical (unpaired) electrons. The average Bonchev–Trinajstić information content (AvgIpc) is 3.61. The van der Waals surface area contributed by atoms with E-state index in [1.165, 1.54) is 0 Å². The molecule has 0 aliphatic heterocycles. The SMILES string of the molecule is c1ccc(-c2nc(-c3ccccc3)nc(-c3cc(-c4ccc(-c5ccccn5)cc4)cc(-c4ccc5c(c4)c4ccccc4n5-c4ncccn4)c3)n2)cc1. The molecule has 0 spiro atoms. The standard InChI is InChI=1S/C48H31N7/c1-3-12-34(13-4-1)45-52-46(35-14-5-2-6-15-35)54-47(53-45)39-29-37(32-19-21-33(22-20-32)42-17-9-10-25-49-42)28-38(30-39)36-23-24-44-41(31-36)40-16-7-8-18-43(40)55(44)48-50-26-11-27-51-48/h1-31H. The maximum Gasteiger partial charge on any atom is 0.234 e. The topological polar surface area (TPSA) is 82.3 Å². The second-order valence-corrected chi connectivity index (χ2v) is 13.3. The summed E-state index contributed by atoms with van der Waals surface area (Å²) in [6.07, 6.45) is 5.38. The molecule has 0 fully saturated rings. The fraction of sp³-hybridized carbons (Fsp3) is 0. The van der Waals surface area contributed by atoms with Crippen LogP contribution in [0.4, 0.5) is 0 Å². The Morgan fingerprint density at radius 2 is 0.836 bits per heavy atom. The summed E-state index contributed by atoms with van der Waals surface area (Å²) in [6.45, 7) is 0. The van der Waals surface area contributed by atoms with Crippen molar-refractivity contribution in [1.29, 1.82) is 0 Å². The highest BCUT2D eigenvalue weighted by Gasteiger charge is 2.18. The van der Waals surface area contributed by atoms with Crippen molar-refractivity contribution in [2.45, 2.75) is 0 Å². The number of rotatable bonds is 7. The first kappa shape index (κ1) is 32.0. The Labute approximate surface area is 317 Å². The Balaban J connectivity index is 1.18. The van der Waals surface area contributed by atoms with Gasteiger partial charge in [-0.2, -0.15) is 0 Å². The van der Waals surface area contributed by atoms with Crippen molar-refractivity contribution in [3.63, 3.8) is 0 Å². The molecular weight excluding hydrogens is 675 g/mol. The zero-order valence-corrected chi connectivity index (χ0v) is 29.5. The van der Waals surface area contributed by atoms with Gasteiger partial charge in [0.15, 0.2) is 17.5 Å². The van der Waals surface area contributed by atoms with Gasteiger partial charge in [-0.15, -0.1) is 0 Å². The van der Waals surface area contributed by atoms with Gasteiger partial charge in [-0.1, -0.05) is 115 Å². The molecule has 0 bridgehead atoms. The molecule has 0 aliphatic rings. The largest absolute Gasteiger partial charge is 0.278 e. The van der Waals surface area contributed by atoms with Crippen molar-refractivity contribution in [3.05, 3.63) is 188 Å². The fourth-order valence-electron chi connectivity index (χ4n) is 7.17. The van der Waals surface area contributed by atoms with Crippen LogP contribution >= 0.6 is 0 Å². The molecule has 258 valence electrons. The van der Waals surface area contributed by atoms with Gasteiger partial charge in [0.25, 0.3) is 0 Å². The smallest absolute Gasteiger partial charge is 0.234 e. The van der Waals surface area contributed by atoms with E-state index in [9.17, 15) is 0 Å². The van der Waals surface area contributed by atoms with Crippen molar-refractivity contribution in [2.75, 3.05) is 0 Å². The first-order valence-electron chi connectivity index (χ1n) is 18.1. The second-order valence-electron chi connectivity index (χ2n) is 13.3. The van der Waals surface area contributed by atoms with Crippen LogP contribution in [0.3, 0.4) is 0 Å².